The number of nitrogens with zero attached hydrogens (tertiary/aromatic N) is 2. The van der Waals surface area contributed by atoms with Gasteiger partial charge in [0.2, 0.25) is 5.91 Å². The standard InChI is InChI=1S/C16H21N3O5.C2HF3O2/c1-3-24-16(23)19-8-6-18(7-9-19)14-5-4-12(15(21)22)10-13(14)17-11(2)20;3-2(4,5)1(6)7/h4-5,10H,3,6-9H2,1-2H3,(H,17,20)(H,21,22);(H,6,7). The van der Waals surface area contributed by atoms with Crippen molar-refractivity contribution in [2.24, 2.45) is 0 Å². The number of aliphatic carboxylic acids is 1. The molecule has 2 rings (SSSR count). The summed E-state index contributed by atoms with van der Waals surface area (Å²) in [6, 6.07) is 4.62. The number of carboxylic acids is 2. The van der Waals surface area contributed by atoms with Gasteiger partial charge in [-0.25, -0.2) is 14.4 Å². The molecule has 1 aromatic rings. The monoisotopic (exact) mass is 449 g/mol. The number of anilines is 2. The quantitative estimate of drug-likeness (QED) is 0.637. The van der Waals surface area contributed by atoms with Gasteiger partial charge in [-0.2, -0.15) is 13.2 Å². The molecule has 3 N–H and O–H groups in total. The summed E-state index contributed by atoms with van der Waals surface area (Å²) in [5.74, 6) is -4.09. The number of amides is 2. The molecule has 1 heterocycles. The number of carbonyl (C=O) groups excluding carboxylic acids is 2. The second-order valence-electron chi connectivity index (χ2n) is 6.19. The average Bonchev–Trinajstić information content (AvgIpc) is 2.67. The Hall–Kier alpha value is -3.51. The molecule has 0 atom stereocenters. The first-order valence-corrected chi connectivity index (χ1v) is 8.98. The fraction of sp³-hybridized carbons (Fsp3) is 0.444. The Morgan fingerprint density at radius 2 is 1.65 bits per heavy atom. The van der Waals surface area contributed by atoms with Gasteiger partial charge in [0.15, 0.2) is 0 Å². The number of benzene rings is 1. The largest absolute Gasteiger partial charge is 0.490 e. The van der Waals surface area contributed by atoms with Crippen LogP contribution >= 0.6 is 0 Å². The van der Waals surface area contributed by atoms with Crippen molar-refractivity contribution >= 4 is 35.3 Å². The normalized spacial score (nSPS) is 13.6. The summed E-state index contributed by atoms with van der Waals surface area (Å²) >= 11 is 0. The molecule has 1 aliphatic heterocycles. The molecule has 1 fully saturated rings. The van der Waals surface area contributed by atoms with Crippen LogP contribution in [0.4, 0.5) is 29.3 Å². The lowest BCUT2D eigenvalue weighted by molar-refractivity contribution is -0.192. The van der Waals surface area contributed by atoms with Gasteiger partial charge < -0.3 is 30.1 Å². The molecule has 1 aliphatic rings. The number of piperazine rings is 1. The number of aromatic carboxylic acids is 1. The Balaban J connectivity index is 0.000000592. The number of rotatable bonds is 4. The second-order valence-corrected chi connectivity index (χ2v) is 6.19. The minimum absolute atomic E-state index is 0.104. The summed E-state index contributed by atoms with van der Waals surface area (Å²) in [4.78, 5) is 46.8. The van der Waals surface area contributed by atoms with Crippen LogP contribution in [0.2, 0.25) is 0 Å². The molecule has 31 heavy (non-hydrogen) atoms. The van der Waals surface area contributed by atoms with Gasteiger partial charge in [-0.3, -0.25) is 4.79 Å². The molecule has 0 spiro atoms. The van der Waals surface area contributed by atoms with Crippen LogP contribution in [0.3, 0.4) is 0 Å². The van der Waals surface area contributed by atoms with E-state index in [9.17, 15) is 27.6 Å². The van der Waals surface area contributed by atoms with Crippen molar-refractivity contribution in [1.29, 1.82) is 0 Å². The van der Waals surface area contributed by atoms with Crippen LogP contribution in [-0.4, -0.2) is 78.0 Å². The third-order valence-electron chi connectivity index (χ3n) is 3.94. The van der Waals surface area contributed by atoms with Gasteiger partial charge in [0.05, 0.1) is 23.5 Å². The van der Waals surface area contributed by atoms with Crippen LogP contribution in [-0.2, 0) is 14.3 Å². The van der Waals surface area contributed by atoms with Crippen LogP contribution in [0.5, 0.6) is 0 Å². The van der Waals surface area contributed by atoms with E-state index in [0.29, 0.717) is 38.5 Å². The summed E-state index contributed by atoms with van der Waals surface area (Å²) in [7, 11) is 0. The molecule has 0 saturated carbocycles. The van der Waals surface area contributed by atoms with E-state index < -0.39 is 18.1 Å². The van der Waals surface area contributed by atoms with Crippen LogP contribution < -0.4 is 10.2 Å². The summed E-state index contributed by atoms with van der Waals surface area (Å²) in [6.45, 7) is 5.60. The Morgan fingerprint density at radius 1 is 1.10 bits per heavy atom. The molecular formula is C18H22F3N3O7. The molecule has 0 aliphatic carbocycles. The van der Waals surface area contributed by atoms with Crippen LogP contribution in [0.1, 0.15) is 24.2 Å². The summed E-state index contributed by atoms with van der Waals surface area (Å²) < 4.78 is 36.7. The summed E-state index contributed by atoms with van der Waals surface area (Å²) in [5, 5.41) is 18.9. The molecule has 0 aromatic heterocycles. The predicted molar refractivity (Wildman–Crippen MR) is 102 cm³/mol. The molecule has 2 amide bonds. The van der Waals surface area contributed by atoms with Gasteiger partial charge >= 0.3 is 24.2 Å². The van der Waals surface area contributed by atoms with E-state index >= 15 is 0 Å². The third kappa shape index (κ3) is 8.03. The van der Waals surface area contributed by atoms with Crippen molar-refractivity contribution in [2.45, 2.75) is 20.0 Å². The number of carbonyl (C=O) groups is 4. The van der Waals surface area contributed by atoms with E-state index in [2.05, 4.69) is 5.32 Å². The first-order valence-electron chi connectivity index (χ1n) is 8.98. The molecule has 0 unspecified atom stereocenters. The number of nitrogens with one attached hydrogen (secondary N) is 1. The predicted octanol–water partition coefficient (Wildman–Crippen LogP) is 2.25. The van der Waals surface area contributed by atoms with Crippen molar-refractivity contribution in [2.75, 3.05) is 43.0 Å². The van der Waals surface area contributed by atoms with Crippen molar-refractivity contribution in [1.82, 2.24) is 4.90 Å². The molecule has 0 radical (unpaired) electrons. The highest BCUT2D eigenvalue weighted by atomic mass is 19.4. The van der Waals surface area contributed by atoms with E-state index in [1.807, 2.05) is 4.90 Å². The van der Waals surface area contributed by atoms with Gasteiger partial charge in [0.25, 0.3) is 0 Å². The highest BCUT2D eigenvalue weighted by Crippen LogP contribution is 2.28. The molecule has 13 heteroatoms. The maximum absolute atomic E-state index is 11.7. The topological polar surface area (TPSA) is 136 Å². The van der Waals surface area contributed by atoms with Crippen LogP contribution in [0, 0.1) is 0 Å². The minimum atomic E-state index is -5.08. The van der Waals surface area contributed by atoms with Crippen LogP contribution in [0.15, 0.2) is 18.2 Å². The third-order valence-corrected chi connectivity index (χ3v) is 3.94. The van der Waals surface area contributed by atoms with E-state index in [1.165, 1.54) is 19.1 Å². The molecule has 0 bridgehead atoms. The lowest BCUT2D eigenvalue weighted by Crippen LogP contribution is -2.49. The number of ether oxygens (including phenoxy) is 1. The average molecular weight is 449 g/mol. The summed E-state index contributed by atoms with van der Waals surface area (Å²) in [6.07, 6.45) is -5.42. The number of halogens is 3. The highest BCUT2D eigenvalue weighted by Gasteiger charge is 2.38. The highest BCUT2D eigenvalue weighted by molar-refractivity contribution is 5.96. The van der Waals surface area contributed by atoms with Crippen molar-refractivity contribution in [3.05, 3.63) is 23.8 Å². The molecule has 1 saturated heterocycles. The lowest BCUT2D eigenvalue weighted by atomic mass is 10.1. The molecule has 1 aromatic carbocycles. The van der Waals surface area contributed by atoms with Gasteiger partial charge in [0, 0.05) is 33.1 Å². The van der Waals surface area contributed by atoms with Crippen molar-refractivity contribution in [3.8, 4) is 0 Å². The second kappa shape index (κ2) is 11.0. The van der Waals surface area contributed by atoms with E-state index in [0.717, 1.165) is 5.69 Å². The maximum atomic E-state index is 11.7. The van der Waals surface area contributed by atoms with E-state index in [4.69, 9.17) is 19.7 Å². The number of hydrogen-bond donors (Lipinski definition) is 3. The van der Waals surface area contributed by atoms with Gasteiger partial charge in [-0.05, 0) is 25.1 Å². The first-order chi connectivity index (χ1) is 14.4. The Kier molecular flexibility index (Phi) is 9.09. The SMILES string of the molecule is CCOC(=O)N1CCN(c2ccc(C(=O)O)cc2NC(C)=O)CC1.O=C(O)C(F)(F)F. The summed E-state index contributed by atoms with van der Waals surface area (Å²) in [5.41, 5.74) is 1.29. The fourth-order valence-electron chi connectivity index (χ4n) is 2.58. The molecule has 172 valence electrons. The molecule has 10 nitrogen and oxygen atoms in total. The van der Waals surface area contributed by atoms with E-state index in [1.54, 1.807) is 17.9 Å². The zero-order valence-corrected chi connectivity index (χ0v) is 16.7. The van der Waals surface area contributed by atoms with Crippen LogP contribution in [0.25, 0.3) is 0 Å². The minimum Gasteiger partial charge on any atom is -0.478 e. The Labute approximate surface area is 175 Å². The maximum Gasteiger partial charge on any atom is 0.490 e. The Morgan fingerprint density at radius 3 is 2.06 bits per heavy atom. The number of alkyl halides is 3. The zero-order chi connectivity index (χ0) is 23.8. The molecular weight excluding hydrogens is 427 g/mol. The van der Waals surface area contributed by atoms with Gasteiger partial charge in [0.1, 0.15) is 0 Å². The number of hydrogen-bond acceptors (Lipinski definition) is 6. The number of carboxylic acid groups (broad SMARTS) is 2. The van der Waals surface area contributed by atoms with Crippen molar-refractivity contribution in [3.63, 3.8) is 0 Å². The van der Waals surface area contributed by atoms with Crippen molar-refractivity contribution < 1.29 is 47.3 Å². The smallest absolute Gasteiger partial charge is 0.478 e. The van der Waals surface area contributed by atoms with Gasteiger partial charge in [-0.1, -0.05) is 0 Å². The van der Waals surface area contributed by atoms with E-state index in [-0.39, 0.29) is 17.6 Å². The first kappa shape index (κ1) is 25.5. The zero-order valence-electron chi connectivity index (χ0n) is 16.7. The Bertz CT molecular complexity index is 822. The lowest BCUT2D eigenvalue weighted by Gasteiger charge is -2.36. The fourth-order valence-corrected chi connectivity index (χ4v) is 2.58. The van der Waals surface area contributed by atoms with Gasteiger partial charge in [-0.15, -0.1) is 0 Å².